The molecule has 19 heavy (non-hydrogen) atoms. The molecule has 0 saturated carbocycles. The molecule has 0 aromatic carbocycles. The lowest BCUT2D eigenvalue weighted by Gasteiger charge is -2.09. The van der Waals surface area contributed by atoms with Crippen LogP contribution in [-0.2, 0) is 10.0 Å². The van der Waals surface area contributed by atoms with Crippen LogP contribution in [0.25, 0.3) is 0 Å². The first-order valence-electron chi connectivity index (χ1n) is 4.12. The van der Waals surface area contributed by atoms with Crippen molar-refractivity contribution in [1.82, 2.24) is 4.98 Å². The van der Waals surface area contributed by atoms with Gasteiger partial charge in [-0.25, -0.2) is 13.6 Å². The Morgan fingerprint density at radius 2 is 1.95 bits per heavy atom. The van der Waals surface area contributed by atoms with E-state index in [1.165, 1.54) is 4.98 Å². The lowest BCUT2D eigenvalue weighted by molar-refractivity contribution is -0.390. The van der Waals surface area contributed by atoms with Gasteiger partial charge in [0.25, 0.3) is 10.0 Å². The number of nitro groups is 1. The lowest BCUT2D eigenvalue weighted by Crippen LogP contribution is -2.24. The van der Waals surface area contributed by atoms with Crippen LogP contribution in [0, 0.1) is 10.1 Å². The number of H-pyrrole nitrogens is 1. The summed E-state index contributed by atoms with van der Waals surface area (Å²) in [6.07, 6.45) is -5.35. The van der Waals surface area contributed by atoms with Crippen molar-refractivity contribution in [3.05, 3.63) is 26.5 Å². The molecule has 0 aliphatic heterocycles. The van der Waals surface area contributed by atoms with Crippen LogP contribution >= 0.6 is 0 Å². The van der Waals surface area contributed by atoms with Gasteiger partial charge in [0.15, 0.2) is 5.03 Å². The smallest absolute Gasteiger partial charge is 0.398 e. The van der Waals surface area contributed by atoms with Crippen molar-refractivity contribution in [3.63, 3.8) is 0 Å². The van der Waals surface area contributed by atoms with Gasteiger partial charge >= 0.3 is 17.6 Å². The van der Waals surface area contributed by atoms with Gasteiger partial charge in [-0.2, -0.15) is 0 Å². The molecule has 0 atom stereocenters. The zero-order chi connectivity index (χ0) is 15.0. The van der Waals surface area contributed by atoms with E-state index in [9.17, 15) is 36.5 Å². The summed E-state index contributed by atoms with van der Waals surface area (Å²) in [5, 5.41) is 13.9. The quantitative estimate of drug-likeness (QED) is 0.585. The van der Waals surface area contributed by atoms with Crippen LogP contribution in [-0.4, -0.2) is 24.7 Å². The third kappa shape index (κ3) is 3.65. The van der Waals surface area contributed by atoms with Crippen molar-refractivity contribution < 1.29 is 31.2 Å². The van der Waals surface area contributed by atoms with Crippen LogP contribution in [0.4, 0.5) is 18.9 Å². The van der Waals surface area contributed by atoms with Gasteiger partial charge < -0.3 is 9.72 Å². The number of aromatic amines is 1. The average molecular weight is 303 g/mol. The van der Waals surface area contributed by atoms with E-state index in [1.54, 1.807) is 0 Å². The van der Waals surface area contributed by atoms with Gasteiger partial charge in [0.2, 0.25) is 5.75 Å². The fourth-order valence-electron chi connectivity index (χ4n) is 1.04. The molecule has 106 valence electrons. The summed E-state index contributed by atoms with van der Waals surface area (Å²) in [5.41, 5.74) is -3.29. The van der Waals surface area contributed by atoms with Crippen LogP contribution in [0.15, 0.2) is 15.9 Å². The fourth-order valence-corrected chi connectivity index (χ4v) is 1.54. The number of rotatable bonds is 3. The van der Waals surface area contributed by atoms with Gasteiger partial charge in [0.1, 0.15) is 0 Å². The van der Waals surface area contributed by atoms with Gasteiger partial charge in [-0.1, -0.05) is 0 Å². The number of nitrogens with one attached hydrogen (secondary N) is 1. The molecule has 0 saturated heterocycles. The zero-order valence-corrected chi connectivity index (χ0v) is 9.41. The van der Waals surface area contributed by atoms with Crippen molar-refractivity contribution in [1.29, 1.82) is 0 Å². The fraction of sp³-hybridized carbons (Fsp3) is 0.167. The summed E-state index contributed by atoms with van der Waals surface area (Å²) < 4.78 is 61.0. The molecule has 9 nitrogen and oxygen atoms in total. The predicted octanol–water partition coefficient (Wildman–Crippen LogP) is -0.171. The maximum atomic E-state index is 12.0. The molecule has 13 heteroatoms. The largest absolute Gasteiger partial charge is 0.573 e. The van der Waals surface area contributed by atoms with E-state index in [1.807, 2.05) is 0 Å². The molecular formula is C6H4F3N3O6S. The second-order valence-corrected chi connectivity index (χ2v) is 4.56. The number of alkyl halides is 3. The summed E-state index contributed by atoms with van der Waals surface area (Å²) in [6, 6.07) is 0.0996. The Hall–Kier alpha value is -2.15. The van der Waals surface area contributed by atoms with Crippen LogP contribution in [0.2, 0.25) is 0 Å². The van der Waals surface area contributed by atoms with Crippen LogP contribution in [0.5, 0.6) is 5.75 Å². The molecule has 3 N–H and O–H groups in total. The van der Waals surface area contributed by atoms with Crippen molar-refractivity contribution >= 4 is 15.7 Å². The molecule has 0 aliphatic carbocycles. The first-order chi connectivity index (χ1) is 8.42. The van der Waals surface area contributed by atoms with Crippen molar-refractivity contribution in [2.75, 3.05) is 0 Å². The first kappa shape index (κ1) is 14.9. The molecule has 1 aromatic rings. The van der Waals surface area contributed by atoms with E-state index in [2.05, 4.69) is 9.88 Å². The number of hydrogen-bond acceptors (Lipinski definition) is 6. The highest BCUT2D eigenvalue weighted by Gasteiger charge is 2.36. The number of sulfonamides is 1. The van der Waals surface area contributed by atoms with E-state index >= 15 is 0 Å². The number of hydrogen-bond donors (Lipinski definition) is 2. The molecule has 1 aromatic heterocycles. The van der Waals surface area contributed by atoms with Crippen molar-refractivity contribution in [2.45, 2.75) is 11.4 Å². The number of primary sulfonamides is 1. The predicted molar refractivity (Wildman–Crippen MR) is 51.8 cm³/mol. The van der Waals surface area contributed by atoms with E-state index in [4.69, 9.17) is 0 Å². The highest BCUT2D eigenvalue weighted by atomic mass is 32.2. The minimum atomic E-state index is -5.35. The summed E-state index contributed by atoms with van der Waals surface area (Å²) in [7, 11) is -4.57. The SMILES string of the molecule is NS(=O)(=O)c1cc(OC(F)(F)F)c([N+](=O)[O-])c(=O)[nH]1. The van der Waals surface area contributed by atoms with Gasteiger partial charge in [0, 0.05) is 6.07 Å². The van der Waals surface area contributed by atoms with Gasteiger partial charge in [-0.3, -0.25) is 14.9 Å². The molecule has 1 heterocycles. The zero-order valence-electron chi connectivity index (χ0n) is 8.59. The molecule has 0 bridgehead atoms. The Morgan fingerprint density at radius 1 is 1.42 bits per heavy atom. The van der Waals surface area contributed by atoms with Crippen LogP contribution in [0.3, 0.4) is 0 Å². The second kappa shape index (κ2) is 4.51. The number of nitrogens with two attached hydrogens (primary N) is 1. The van der Waals surface area contributed by atoms with Gasteiger partial charge in [-0.05, 0) is 0 Å². The monoisotopic (exact) mass is 303 g/mol. The van der Waals surface area contributed by atoms with Crippen molar-refractivity contribution in [3.8, 4) is 5.75 Å². The molecule has 1 rings (SSSR count). The van der Waals surface area contributed by atoms with E-state index in [0.717, 1.165) is 0 Å². The molecule has 0 unspecified atom stereocenters. The Kier molecular flexibility index (Phi) is 3.54. The Morgan fingerprint density at radius 3 is 2.32 bits per heavy atom. The summed E-state index contributed by atoms with van der Waals surface area (Å²) in [6.45, 7) is 0. The normalized spacial score (nSPS) is 12.2. The third-order valence-corrected chi connectivity index (χ3v) is 2.50. The second-order valence-electron chi connectivity index (χ2n) is 3.03. The summed E-state index contributed by atoms with van der Waals surface area (Å²) in [4.78, 5) is 21.6. The maximum Gasteiger partial charge on any atom is 0.573 e. The lowest BCUT2D eigenvalue weighted by atomic mass is 10.4. The summed E-state index contributed by atoms with van der Waals surface area (Å²) >= 11 is 0. The number of ether oxygens (including phenoxy) is 1. The first-order valence-corrected chi connectivity index (χ1v) is 5.66. The van der Waals surface area contributed by atoms with Crippen LogP contribution in [0.1, 0.15) is 0 Å². The molecule has 0 amide bonds. The summed E-state index contributed by atoms with van der Waals surface area (Å²) in [5.74, 6) is -1.58. The highest BCUT2D eigenvalue weighted by molar-refractivity contribution is 7.89. The number of aromatic nitrogens is 1. The molecule has 0 radical (unpaired) electrons. The number of pyridine rings is 1. The standard InChI is InChI=1S/C6H4F3N3O6S/c7-6(8,9)18-2-1-3(19(10,16)17)11-5(13)4(2)12(14)15/h1H,(H,11,13)(H2,10,16,17). The van der Waals surface area contributed by atoms with Gasteiger partial charge in [0.05, 0.1) is 4.92 Å². The number of halogens is 3. The van der Waals surface area contributed by atoms with E-state index in [0.29, 0.717) is 0 Å². The molecular weight excluding hydrogens is 299 g/mol. The molecule has 0 spiro atoms. The van der Waals surface area contributed by atoms with E-state index in [-0.39, 0.29) is 6.07 Å². The minimum absolute atomic E-state index is 0.0996. The molecule has 0 fully saturated rings. The van der Waals surface area contributed by atoms with Gasteiger partial charge in [-0.15, -0.1) is 13.2 Å². The molecule has 0 aliphatic rings. The number of nitrogens with zero attached hydrogens (tertiary/aromatic N) is 1. The van der Waals surface area contributed by atoms with E-state index < -0.39 is 43.3 Å². The van der Waals surface area contributed by atoms with Crippen LogP contribution < -0.4 is 15.4 Å². The Labute approximate surface area is 102 Å². The van der Waals surface area contributed by atoms with Crippen molar-refractivity contribution in [2.24, 2.45) is 5.14 Å². The topological polar surface area (TPSA) is 145 Å². The average Bonchev–Trinajstić information content (AvgIpc) is 2.11. The minimum Gasteiger partial charge on any atom is -0.398 e. The third-order valence-electron chi connectivity index (χ3n) is 1.66. The maximum absolute atomic E-state index is 12.0. The Bertz CT molecular complexity index is 678. The Balaban J connectivity index is 3.60. The highest BCUT2D eigenvalue weighted by Crippen LogP contribution is 2.29.